The molecule has 0 bridgehead atoms. The number of rotatable bonds is 7. The van der Waals surface area contributed by atoms with Gasteiger partial charge in [0.25, 0.3) is 29.1 Å². The molecule has 1 heterocycles. The minimum absolute atomic E-state index is 0.0436. The van der Waals surface area contributed by atoms with E-state index in [1.165, 1.54) is 48.5 Å². The van der Waals surface area contributed by atoms with Gasteiger partial charge in [-0.05, 0) is 18.2 Å². The zero-order chi connectivity index (χ0) is 26.1. The zero-order valence-corrected chi connectivity index (χ0v) is 18.7. The molecule has 0 radical (unpaired) electrons. The maximum absolute atomic E-state index is 13.5. The number of nitro groups is 2. The maximum atomic E-state index is 13.5. The van der Waals surface area contributed by atoms with Crippen LogP contribution in [0.2, 0.25) is 5.02 Å². The molecule has 4 rings (SSSR count). The number of hydrazine groups is 1. The summed E-state index contributed by atoms with van der Waals surface area (Å²) in [6.07, 6.45) is 0. The minimum atomic E-state index is -1.19. The molecule has 0 atom stereocenters. The van der Waals surface area contributed by atoms with Gasteiger partial charge in [-0.2, -0.15) is 5.01 Å². The monoisotopic (exact) mass is 508 g/mol. The van der Waals surface area contributed by atoms with Crippen LogP contribution in [0.15, 0.2) is 66.7 Å². The van der Waals surface area contributed by atoms with Gasteiger partial charge in [-0.25, -0.2) is 5.01 Å². The maximum Gasteiger partial charge on any atom is 0.287 e. The number of non-ortho nitro benzene ring substituents is 1. The summed E-state index contributed by atoms with van der Waals surface area (Å²) in [6, 6.07) is 13.8. The fraction of sp³-hybridized carbons (Fsp3) is 0.0435. The second-order valence-corrected chi connectivity index (χ2v) is 7.86. The highest BCUT2D eigenvalue weighted by atomic mass is 35.5. The number of carbonyl (C=O) groups excluding carboxylic acids is 4. The lowest BCUT2D eigenvalue weighted by Gasteiger charge is -2.29. The van der Waals surface area contributed by atoms with Crippen molar-refractivity contribution in [2.75, 3.05) is 6.54 Å². The molecule has 0 spiro atoms. The molecule has 36 heavy (non-hydrogen) atoms. The van der Waals surface area contributed by atoms with E-state index in [4.69, 9.17) is 11.6 Å². The third-order valence-corrected chi connectivity index (χ3v) is 5.65. The van der Waals surface area contributed by atoms with Crippen LogP contribution in [0.3, 0.4) is 0 Å². The van der Waals surface area contributed by atoms with Gasteiger partial charge >= 0.3 is 0 Å². The molecule has 0 saturated heterocycles. The highest BCUT2D eigenvalue weighted by molar-refractivity contribution is 6.34. The van der Waals surface area contributed by atoms with E-state index in [0.29, 0.717) is 10.0 Å². The van der Waals surface area contributed by atoms with Crippen LogP contribution in [0, 0.1) is 20.2 Å². The highest BCUT2D eigenvalue weighted by Crippen LogP contribution is 2.33. The Morgan fingerprint density at radius 3 is 2.25 bits per heavy atom. The van der Waals surface area contributed by atoms with Crippen LogP contribution in [-0.4, -0.2) is 49.9 Å². The number of amides is 3. The minimum Gasteiger partial charge on any atom is -0.292 e. The Bertz CT molecular complexity index is 1490. The quantitative estimate of drug-likeness (QED) is 0.202. The predicted molar refractivity (Wildman–Crippen MR) is 124 cm³/mol. The number of fused-ring (bicyclic) bond motifs is 1. The van der Waals surface area contributed by atoms with Crippen molar-refractivity contribution >= 4 is 46.5 Å². The first-order valence-corrected chi connectivity index (χ1v) is 10.5. The number of carbonyl (C=O) groups is 4. The van der Waals surface area contributed by atoms with Crippen LogP contribution in [0.4, 0.5) is 11.4 Å². The molecule has 180 valence electrons. The summed E-state index contributed by atoms with van der Waals surface area (Å²) in [7, 11) is 0. The Labute approximate surface area is 206 Å². The number of hydrogen-bond donors (Lipinski definition) is 0. The van der Waals surface area contributed by atoms with Gasteiger partial charge in [-0.3, -0.25) is 39.4 Å². The molecule has 0 saturated carbocycles. The molecular formula is C23H13ClN4O8. The zero-order valence-electron chi connectivity index (χ0n) is 18.0. The number of imide groups is 1. The molecule has 0 fully saturated rings. The van der Waals surface area contributed by atoms with Crippen molar-refractivity contribution in [3.8, 4) is 0 Å². The predicted octanol–water partition coefficient (Wildman–Crippen LogP) is 3.69. The van der Waals surface area contributed by atoms with E-state index in [-0.39, 0.29) is 27.4 Å². The van der Waals surface area contributed by atoms with E-state index in [1.807, 2.05) is 0 Å². The lowest BCUT2D eigenvalue weighted by molar-refractivity contribution is -0.385. The summed E-state index contributed by atoms with van der Waals surface area (Å²) in [4.78, 5) is 73.9. The number of ketones is 1. The van der Waals surface area contributed by atoms with Crippen molar-refractivity contribution < 1.29 is 29.0 Å². The first-order chi connectivity index (χ1) is 17.1. The number of halogens is 1. The van der Waals surface area contributed by atoms with E-state index < -0.39 is 51.1 Å². The summed E-state index contributed by atoms with van der Waals surface area (Å²) < 4.78 is 0. The van der Waals surface area contributed by atoms with Crippen LogP contribution in [-0.2, 0) is 0 Å². The lowest BCUT2D eigenvalue weighted by Crippen LogP contribution is -2.51. The first-order valence-electron chi connectivity index (χ1n) is 10.1. The largest absolute Gasteiger partial charge is 0.292 e. The number of Topliss-reactive ketones (excluding diaryl/α,β-unsaturated/α-hetero) is 1. The Kier molecular flexibility index (Phi) is 6.27. The molecule has 3 aromatic rings. The average Bonchev–Trinajstić information content (AvgIpc) is 3.12. The van der Waals surface area contributed by atoms with Crippen molar-refractivity contribution in [1.29, 1.82) is 0 Å². The summed E-state index contributed by atoms with van der Waals surface area (Å²) in [5.74, 6) is -4.11. The van der Waals surface area contributed by atoms with Crippen molar-refractivity contribution in [3.05, 3.63) is 114 Å². The van der Waals surface area contributed by atoms with Crippen molar-refractivity contribution in [2.45, 2.75) is 0 Å². The number of hydrogen-bond acceptors (Lipinski definition) is 8. The first kappa shape index (κ1) is 24.2. The standard InChI is InChI=1S/C23H13ClN4O8/c24-17-9-2-1-7-15(17)21(30)25(12-19(29)13-5-3-6-14(11-13)27(33)34)26-22(31)16-8-4-10-18(28(35)36)20(16)23(26)32/h1-11H,12H2. The van der Waals surface area contributed by atoms with Gasteiger partial charge < -0.3 is 0 Å². The smallest absolute Gasteiger partial charge is 0.287 e. The van der Waals surface area contributed by atoms with Crippen LogP contribution < -0.4 is 0 Å². The second-order valence-electron chi connectivity index (χ2n) is 7.45. The molecule has 0 aliphatic carbocycles. The SMILES string of the molecule is O=C(CN(C(=O)c1ccccc1Cl)N1C(=O)c2cccc([N+](=O)[O-])c2C1=O)c1cccc([N+](=O)[O-])c1. The second kappa shape index (κ2) is 9.35. The van der Waals surface area contributed by atoms with E-state index in [0.717, 1.165) is 18.2 Å². The Morgan fingerprint density at radius 2 is 1.58 bits per heavy atom. The fourth-order valence-corrected chi connectivity index (χ4v) is 3.87. The van der Waals surface area contributed by atoms with E-state index >= 15 is 0 Å². The van der Waals surface area contributed by atoms with Crippen molar-refractivity contribution in [1.82, 2.24) is 10.0 Å². The van der Waals surface area contributed by atoms with Crippen LogP contribution in [0.25, 0.3) is 0 Å². The summed E-state index contributed by atoms with van der Waals surface area (Å²) in [5, 5.41) is 23.4. The molecular weight excluding hydrogens is 496 g/mol. The van der Waals surface area contributed by atoms with Gasteiger partial charge in [0.2, 0.25) is 0 Å². The lowest BCUT2D eigenvalue weighted by atomic mass is 10.1. The van der Waals surface area contributed by atoms with E-state index in [9.17, 15) is 39.4 Å². The van der Waals surface area contributed by atoms with Crippen LogP contribution >= 0.6 is 11.6 Å². The van der Waals surface area contributed by atoms with Gasteiger partial charge in [0.1, 0.15) is 12.1 Å². The van der Waals surface area contributed by atoms with Crippen molar-refractivity contribution in [3.63, 3.8) is 0 Å². The normalized spacial score (nSPS) is 12.3. The van der Waals surface area contributed by atoms with E-state index in [1.54, 1.807) is 0 Å². The molecule has 0 unspecified atom stereocenters. The van der Waals surface area contributed by atoms with Gasteiger partial charge in [-0.15, -0.1) is 0 Å². The number of nitro benzene ring substituents is 2. The van der Waals surface area contributed by atoms with Crippen molar-refractivity contribution in [2.24, 2.45) is 0 Å². The van der Waals surface area contributed by atoms with Gasteiger partial charge in [0.05, 0.1) is 26.0 Å². The Balaban J connectivity index is 1.80. The third-order valence-electron chi connectivity index (χ3n) is 5.32. The molecule has 3 amide bonds. The molecule has 3 aromatic carbocycles. The molecule has 1 aliphatic heterocycles. The summed E-state index contributed by atoms with van der Waals surface area (Å²) >= 11 is 6.12. The third kappa shape index (κ3) is 4.16. The molecule has 0 N–H and O–H groups in total. The molecule has 13 heteroatoms. The molecule has 12 nitrogen and oxygen atoms in total. The average molecular weight is 509 g/mol. The molecule has 1 aliphatic rings. The highest BCUT2D eigenvalue weighted by Gasteiger charge is 2.46. The number of benzene rings is 3. The molecule has 0 aromatic heterocycles. The summed E-state index contributed by atoms with van der Waals surface area (Å²) in [6.45, 7) is -0.898. The Hall–Kier alpha value is -4.97. The summed E-state index contributed by atoms with van der Waals surface area (Å²) in [5.41, 5.74) is -2.22. The van der Waals surface area contributed by atoms with Gasteiger partial charge in [0.15, 0.2) is 5.78 Å². The van der Waals surface area contributed by atoms with Crippen LogP contribution in [0.5, 0.6) is 0 Å². The number of nitrogens with zero attached hydrogens (tertiary/aromatic N) is 4. The van der Waals surface area contributed by atoms with Gasteiger partial charge in [-0.1, -0.05) is 41.9 Å². The topological polar surface area (TPSA) is 161 Å². The van der Waals surface area contributed by atoms with Gasteiger partial charge in [0, 0.05) is 23.8 Å². The van der Waals surface area contributed by atoms with Crippen LogP contribution in [0.1, 0.15) is 41.4 Å². The van der Waals surface area contributed by atoms with E-state index in [2.05, 4.69) is 0 Å². The Morgan fingerprint density at radius 1 is 0.889 bits per heavy atom. The fourth-order valence-electron chi connectivity index (χ4n) is 3.65.